The number of hydrogen-bond acceptors (Lipinski definition) is 7. The highest BCUT2D eigenvalue weighted by Crippen LogP contribution is 2.24. The van der Waals surface area contributed by atoms with E-state index in [2.05, 4.69) is 32.4 Å². The molecule has 32 heavy (non-hydrogen) atoms. The molecule has 2 aliphatic rings. The standard InChI is InChI=1S/C24H29N7O/c1-29-13-15-31(16-14-29)24-27-21(17-22(28-24)30-11-9-25-10-12-30)26-23(32)20-8-4-6-18-5-2-3-7-19(18)20/h2-8,17,25H,9-16H2,1H3,(H,26,27,28,32). The molecule has 2 saturated heterocycles. The van der Waals surface area contributed by atoms with E-state index in [4.69, 9.17) is 9.97 Å². The van der Waals surface area contributed by atoms with Gasteiger partial charge in [-0.1, -0.05) is 36.4 Å². The van der Waals surface area contributed by atoms with Crippen LogP contribution in [0.5, 0.6) is 0 Å². The van der Waals surface area contributed by atoms with Gasteiger partial charge in [-0.25, -0.2) is 0 Å². The first-order valence-corrected chi connectivity index (χ1v) is 11.2. The van der Waals surface area contributed by atoms with Crippen LogP contribution in [0.25, 0.3) is 10.8 Å². The number of likely N-dealkylation sites (N-methyl/N-ethyl adjacent to an activating group) is 1. The van der Waals surface area contributed by atoms with Gasteiger partial charge in [0, 0.05) is 64.0 Å². The van der Waals surface area contributed by atoms with Crippen LogP contribution in [0.15, 0.2) is 48.5 Å². The van der Waals surface area contributed by atoms with Gasteiger partial charge in [-0.2, -0.15) is 9.97 Å². The van der Waals surface area contributed by atoms with E-state index in [9.17, 15) is 4.79 Å². The summed E-state index contributed by atoms with van der Waals surface area (Å²) in [6.07, 6.45) is 0. The summed E-state index contributed by atoms with van der Waals surface area (Å²) in [4.78, 5) is 29.6. The van der Waals surface area contributed by atoms with Crippen molar-refractivity contribution in [2.75, 3.05) is 74.5 Å². The Hall–Kier alpha value is -3.23. The van der Waals surface area contributed by atoms with Gasteiger partial charge in [0.05, 0.1) is 0 Å². The summed E-state index contributed by atoms with van der Waals surface area (Å²) < 4.78 is 0. The topological polar surface area (TPSA) is 76.6 Å². The fraction of sp³-hybridized carbons (Fsp3) is 0.375. The van der Waals surface area contributed by atoms with Crippen LogP contribution in [0.4, 0.5) is 17.6 Å². The molecule has 0 aliphatic carbocycles. The van der Waals surface area contributed by atoms with E-state index in [1.807, 2.05) is 48.5 Å². The Labute approximate surface area is 188 Å². The van der Waals surface area contributed by atoms with Gasteiger partial charge < -0.3 is 25.3 Å². The highest BCUT2D eigenvalue weighted by molar-refractivity contribution is 6.12. The van der Waals surface area contributed by atoms with Crippen molar-refractivity contribution in [2.45, 2.75) is 0 Å². The molecule has 2 N–H and O–H groups in total. The molecule has 0 saturated carbocycles. The number of amides is 1. The van der Waals surface area contributed by atoms with Gasteiger partial charge in [0.1, 0.15) is 11.6 Å². The lowest BCUT2D eigenvalue weighted by molar-refractivity contribution is 0.102. The maximum Gasteiger partial charge on any atom is 0.257 e. The van der Waals surface area contributed by atoms with E-state index in [-0.39, 0.29) is 5.91 Å². The minimum Gasteiger partial charge on any atom is -0.354 e. The van der Waals surface area contributed by atoms with Crippen LogP contribution in [-0.4, -0.2) is 80.2 Å². The van der Waals surface area contributed by atoms with Gasteiger partial charge in [-0.3, -0.25) is 4.79 Å². The average Bonchev–Trinajstić information content (AvgIpc) is 2.84. The van der Waals surface area contributed by atoms with Crippen LogP contribution in [-0.2, 0) is 0 Å². The van der Waals surface area contributed by atoms with Crippen molar-refractivity contribution in [3.8, 4) is 0 Å². The van der Waals surface area contributed by atoms with Crippen molar-refractivity contribution >= 4 is 34.3 Å². The lowest BCUT2D eigenvalue weighted by Gasteiger charge is -2.34. The van der Waals surface area contributed by atoms with Gasteiger partial charge in [0.2, 0.25) is 5.95 Å². The van der Waals surface area contributed by atoms with Crippen molar-refractivity contribution in [2.24, 2.45) is 0 Å². The maximum atomic E-state index is 13.2. The number of fused-ring (bicyclic) bond motifs is 1. The molecule has 0 atom stereocenters. The molecule has 3 aromatic rings. The number of nitrogens with one attached hydrogen (secondary N) is 2. The van der Waals surface area contributed by atoms with Crippen LogP contribution in [0.1, 0.15) is 10.4 Å². The van der Waals surface area contributed by atoms with E-state index in [0.717, 1.165) is 68.9 Å². The highest BCUT2D eigenvalue weighted by Gasteiger charge is 2.21. The number of aromatic nitrogens is 2. The molecule has 8 heteroatoms. The second-order valence-electron chi connectivity index (χ2n) is 8.42. The fourth-order valence-corrected chi connectivity index (χ4v) is 4.30. The second-order valence-corrected chi connectivity index (χ2v) is 8.42. The zero-order chi connectivity index (χ0) is 21.9. The quantitative estimate of drug-likeness (QED) is 0.655. The summed E-state index contributed by atoms with van der Waals surface area (Å²) in [5.74, 6) is 1.93. The van der Waals surface area contributed by atoms with Crippen LogP contribution in [0, 0.1) is 0 Å². The summed E-state index contributed by atoms with van der Waals surface area (Å²) in [7, 11) is 2.13. The Bertz CT molecular complexity index is 1100. The molecule has 0 bridgehead atoms. The van der Waals surface area contributed by atoms with E-state index < -0.39 is 0 Å². The molecule has 166 valence electrons. The molecule has 5 rings (SSSR count). The second kappa shape index (κ2) is 9.10. The van der Waals surface area contributed by atoms with Crippen molar-refractivity contribution in [1.82, 2.24) is 20.2 Å². The van der Waals surface area contributed by atoms with E-state index in [0.29, 0.717) is 17.3 Å². The van der Waals surface area contributed by atoms with Crippen LogP contribution in [0.3, 0.4) is 0 Å². The third-order valence-corrected chi connectivity index (χ3v) is 6.20. The number of carbonyl (C=O) groups excluding carboxylic acids is 1. The van der Waals surface area contributed by atoms with Crippen molar-refractivity contribution < 1.29 is 4.79 Å². The van der Waals surface area contributed by atoms with Gasteiger partial charge in [0.25, 0.3) is 5.91 Å². The molecule has 8 nitrogen and oxygen atoms in total. The number of benzene rings is 2. The number of rotatable bonds is 4. The molecular weight excluding hydrogens is 402 g/mol. The summed E-state index contributed by atoms with van der Waals surface area (Å²) in [5.41, 5.74) is 0.645. The summed E-state index contributed by atoms with van der Waals surface area (Å²) in [6.45, 7) is 7.30. The first kappa shape index (κ1) is 20.7. The fourth-order valence-electron chi connectivity index (χ4n) is 4.30. The Morgan fingerprint density at radius 1 is 0.906 bits per heavy atom. The van der Waals surface area contributed by atoms with E-state index in [1.54, 1.807) is 0 Å². The zero-order valence-electron chi connectivity index (χ0n) is 18.4. The third kappa shape index (κ3) is 4.37. The van der Waals surface area contributed by atoms with Gasteiger partial charge in [-0.15, -0.1) is 0 Å². The summed E-state index contributed by atoms with van der Waals surface area (Å²) >= 11 is 0. The largest absolute Gasteiger partial charge is 0.354 e. The highest BCUT2D eigenvalue weighted by atomic mass is 16.1. The Morgan fingerprint density at radius 3 is 2.47 bits per heavy atom. The molecule has 2 aromatic carbocycles. The summed E-state index contributed by atoms with van der Waals surface area (Å²) in [5, 5.41) is 8.41. The van der Waals surface area contributed by atoms with Gasteiger partial charge in [-0.05, 0) is 23.9 Å². The van der Waals surface area contributed by atoms with Crippen LogP contribution < -0.4 is 20.4 Å². The van der Waals surface area contributed by atoms with Gasteiger partial charge in [0.15, 0.2) is 0 Å². The molecule has 2 aliphatic heterocycles. The number of hydrogen-bond donors (Lipinski definition) is 2. The molecule has 1 aromatic heterocycles. The molecule has 0 radical (unpaired) electrons. The molecule has 1 amide bonds. The predicted octanol–water partition coefficient (Wildman–Crippen LogP) is 2.04. The number of piperazine rings is 2. The Kier molecular flexibility index (Phi) is 5.87. The lowest BCUT2D eigenvalue weighted by atomic mass is 10.0. The predicted molar refractivity (Wildman–Crippen MR) is 129 cm³/mol. The molecule has 2 fully saturated rings. The zero-order valence-corrected chi connectivity index (χ0v) is 18.4. The molecule has 0 unspecified atom stereocenters. The van der Waals surface area contributed by atoms with Crippen LogP contribution in [0.2, 0.25) is 0 Å². The lowest BCUT2D eigenvalue weighted by Crippen LogP contribution is -2.46. The first-order valence-electron chi connectivity index (χ1n) is 11.2. The normalized spacial score (nSPS) is 17.5. The molecule has 3 heterocycles. The summed E-state index contributed by atoms with van der Waals surface area (Å²) in [6, 6.07) is 15.6. The van der Waals surface area contributed by atoms with Crippen molar-refractivity contribution in [3.05, 3.63) is 54.1 Å². The minimum atomic E-state index is -0.156. The van der Waals surface area contributed by atoms with E-state index in [1.165, 1.54) is 0 Å². The number of nitrogens with zero attached hydrogens (tertiary/aromatic N) is 5. The monoisotopic (exact) mass is 431 g/mol. The van der Waals surface area contributed by atoms with Crippen molar-refractivity contribution in [1.29, 1.82) is 0 Å². The molecular formula is C24H29N7O. The SMILES string of the molecule is CN1CCN(c2nc(NC(=O)c3cccc4ccccc34)cc(N3CCNCC3)n2)CC1. The smallest absolute Gasteiger partial charge is 0.257 e. The van der Waals surface area contributed by atoms with Crippen LogP contribution >= 0.6 is 0 Å². The van der Waals surface area contributed by atoms with Crippen molar-refractivity contribution in [3.63, 3.8) is 0 Å². The Balaban J connectivity index is 1.46. The maximum absolute atomic E-state index is 13.2. The van der Waals surface area contributed by atoms with Gasteiger partial charge >= 0.3 is 0 Å². The Morgan fingerprint density at radius 2 is 1.66 bits per heavy atom. The molecule has 0 spiro atoms. The average molecular weight is 432 g/mol. The number of anilines is 3. The number of carbonyl (C=O) groups is 1. The minimum absolute atomic E-state index is 0.156. The van der Waals surface area contributed by atoms with E-state index >= 15 is 0 Å². The first-order chi connectivity index (χ1) is 15.7. The third-order valence-electron chi connectivity index (χ3n) is 6.20.